The van der Waals surface area contributed by atoms with E-state index in [0.717, 1.165) is 66.1 Å². The van der Waals surface area contributed by atoms with Gasteiger partial charge in [-0.1, -0.05) is 42.5 Å². The second-order valence-electron chi connectivity index (χ2n) is 9.22. The predicted octanol–water partition coefficient (Wildman–Crippen LogP) is 4.67. The molecule has 2 aromatic carbocycles. The average molecular weight is 479 g/mol. The lowest BCUT2D eigenvalue weighted by Gasteiger charge is -2.28. The fraction of sp³-hybridized carbons (Fsp3) is 0.429. The maximum Gasteiger partial charge on any atom is 0.329 e. The van der Waals surface area contributed by atoms with Crippen molar-refractivity contribution in [3.05, 3.63) is 60.3 Å². The molecule has 2 N–H and O–H groups in total. The first kappa shape index (κ1) is 24.9. The van der Waals surface area contributed by atoms with Gasteiger partial charge in [-0.05, 0) is 55.2 Å². The molecule has 0 unspecified atom stereocenters. The summed E-state index contributed by atoms with van der Waals surface area (Å²) in [5.41, 5.74) is 5.06. The number of ether oxygens (including phenoxy) is 2. The molecule has 0 bridgehead atoms. The Morgan fingerprint density at radius 3 is 2.43 bits per heavy atom. The number of carbonyl (C=O) groups is 1. The van der Waals surface area contributed by atoms with Crippen LogP contribution in [0.4, 0.5) is 0 Å². The van der Waals surface area contributed by atoms with Gasteiger partial charge >= 0.3 is 5.97 Å². The second-order valence-corrected chi connectivity index (χ2v) is 9.22. The number of hydrogen-bond acceptors (Lipinski definition) is 5. The monoisotopic (exact) mass is 478 g/mol. The molecule has 1 heterocycles. The average Bonchev–Trinajstić information content (AvgIpc) is 3.23. The normalized spacial score (nSPS) is 17.9. The minimum atomic E-state index is -0.921. The fourth-order valence-electron chi connectivity index (χ4n) is 5.03. The molecule has 1 fully saturated rings. The van der Waals surface area contributed by atoms with Crippen LogP contribution < -0.4 is 4.74 Å². The molecule has 0 saturated heterocycles. The summed E-state index contributed by atoms with van der Waals surface area (Å²) in [6.45, 7) is 1.12. The molecule has 35 heavy (non-hydrogen) atoms. The summed E-state index contributed by atoms with van der Waals surface area (Å²) in [4.78, 5) is 10.7. The van der Waals surface area contributed by atoms with Crippen LogP contribution in [0.25, 0.3) is 22.4 Å². The van der Waals surface area contributed by atoms with Crippen LogP contribution in [0.3, 0.4) is 0 Å². The van der Waals surface area contributed by atoms with E-state index in [-0.39, 0.29) is 13.2 Å². The Kier molecular flexibility index (Phi) is 8.55. The SMILES string of the molecule is COc1cccc(-c2c(-c3ccccc3)nn(C[C@H]3CC[C@H](COCC(=O)O)CC3)c2CCO)c1. The van der Waals surface area contributed by atoms with Gasteiger partial charge in [0.25, 0.3) is 0 Å². The number of carboxylic acids is 1. The zero-order valence-corrected chi connectivity index (χ0v) is 20.2. The summed E-state index contributed by atoms with van der Waals surface area (Å²) in [5, 5.41) is 23.8. The van der Waals surface area contributed by atoms with Crippen molar-refractivity contribution in [2.45, 2.75) is 38.6 Å². The molecule has 0 radical (unpaired) electrons. The van der Waals surface area contributed by atoms with E-state index in [9.17, 15) is 9.90 Å². The lowest BCUT2D eigenvalue weighted by atomic mass is 9.82. The number of rotatable bonds is 11. The first-order chi connectivity index (χ1) is 17.1. The van der Waals surface area contributed by atoms with Gasteiger partial charge in [0.1, 0.15) is 18.1 Å². The zero-order valence-electron chi connectivity index (χ0n) is 20.2. The molecule has 4 rings (SSSR count). The van der Waals surface area contributed by atoms with Crippen LogP contribution >= 0.6 is 0 Å². The van der Waals surface area contributed by atoms with Crippen LogP contribution in [0.5, 0.6) is 5.75 Å². The number of methoxy groups -OCH3 is 1. The van der Waals surface area contributed by atoms with E-state index in [2.05, 4.69) is 22.9 Å². The highest BCUT2D eigenvalue weighted by Gasteiger charge is 2.26. The third-order valence-electron chi connectivity index (χ3n) is 6.79. The molecule has 1 aliphatic rings. The maximum absolute atomic E-state index is 10.7. The topological polar surface area (TPSA) is 93.8 Å². The standard InChI is InChI=1S/C28H34N2O5/c1-34-24-9-5-8-23(16-24)27-25(14-15-31)30(29-28(27)22-6-3-2-4-7-22)17-20-10-12-21(13-11-20)18-35-19-26(32)33/h2-9,16,20-21,31H,10-15,17-19H2,1H3,(H,32,33)/t20-,21-. The van der Waals surface area contributed by atoms with E-state index in [1.807, 2.05) is 36.4 Å². The summed E-state index contributed by atoms with van der Waals surface area (Å²) < 4.78 is 12.9. The highest BCUT2D eigenvalue weighted by Crippen LogP contribution is 2.38. The van der Waals surface area contributed by atoms with Crippen molar-refractivity contribution in [3.8, 4) is 28.1 Å². The molecule has 0 spiro atoms. The van der Waals surface area contributed by atoms with Gasteiger partial charge in [0.2, 0.25) is 0 Å². The Morgan fingerprint density at radius 1 is 1.03 bits per heavy atom. The molecular formula is C28H34N2O5. The maximum atomic E-state index is 10.7. The van der Waals surface area contributed by atoms with E-state index >= 15 is 0 Å². The summed E-state index contributed by atoms with van der Waals surface area (Å²) in [5.74, 6) is 0.750. The Balaban J connectivity index is 1.60. The quantitative estimate of drug-likeness (QED) is 0.416. The Bertz CT molecular complexity index is 1100. The second kappa shape index (κ2) is 12.0. The lowest BCUT2D eigenvalue weighted by molar-refractivity contribution is -0.142. The molecule has 0 aliphatic heterocycles. The largest absolute Gasteiger partial charge is 0.497 e. The molecule has 1 aromatic heterocycles. The highest BCUT2D eigenvalue weighted by molar-refractivity contribution is 5.83. The first-order valence-corrected chi connectivity index (χ1v) is 12.3. The van der Waals surface area contributed by atoms with E-state index in [1.54, 1.807) is 7.11 Å². The van der Waals surface area contributed by atoms with Gasteiger partial charge in [0.15, 0.2) is 0 Å². The van der Waals surface area contributed by atoms with Gasteiger partial charge in [-0.25, -0.2) is 4.79 Å². The minimum Gasteiger partial charge on any atom is -0.497 e. The van der Waals surface area contributed by atoms with E-state index in [1.165, 1.54) is 0 Å². The summed E-state index contributed by atoms with van der Waals surface area (Å²) in [6, 6.07) is 18.2. The molecule has 186 valence electrons. The minimum absolute atomic E-state index is 0.0462. The number of aliphatic hydroxyl groups excluding tert-OH is 1. The first-order valence-electron chi connectivity index (χ1n) is 12.3. The van der Waals surface area contributed by atoms with Crippen molar-refractivity contribution in [1.82, 2.24) is 9.78 Å². The number of hydrogen-bond donors (Lipinski definition) is 2. The smallest absolute Gasteiger partial charge is 0.329 e. The van der Waals surface area contributed by atoms with Crippen LogP contribution in [-0.2, 0) is 22.5 Å². The molecule has 7 nitrogen and oxygen atoms in total. The van der Waals surface area contributed by atoms with Gasteiger partial charge < -0.3 is 19.7 Å². The Morgan fingerprint density at radius 2 is 1.74 bits per heavy atom. The molecule has 1 saturated carbocycles. The summed E-state index contributed by atoms with van der Waals surface area (Å²) in [6.07, 6.45) is 4.67. The third kappa shape index (κ3) is 6.29. The Labute approximate surface area is 206 Å². The zero-order chi connectivity index (χ0) is 24.6. The van der Waals surface area contributed by atoms with E-state index in [0.29, 0.717) is 24.9 Å². The molecular weight excluding hydrogens is 444 g/mol. The van der Waals surface area contributed by atoms with Crippen molar-refractivity contribution >= 4 is 5.97 Å². The summed E-state index contributed by atoms with van der Waals surface area (Å²) >= 11 is 0. The van der Waals surface area contributed by atoms with Crippen LogP contribution in [0.2, 0.25) is 0 Å². The number of nitrogens with zero attached hydrogens (tertiary/aromatic N) is 2. The van der Waals surface area contributed by atoms with Gasteiger partial charge in [-0.15, -0.1) is 0 Å². The van der Waals surface area contributed by atoms with E-state index < -0.39 is 5.97 Å². The summed E-state index contributed by atoms with van der Waals surface area (Å²) in [7, 11) is 1.67. The van der Waals surface area contributed by atoms with Crippen molar-refractivity contribution in [3.63, 3.8) is 0 Å². The number of aromatic nitrogens is 2. The number of benzene rings is 2. The van der Waals surface area contributed by atoms with Crippen molar-refractivity contribution in [1.29, 1.82) is 0 Å². The van der Waals surface area contributed by atoms with Crippen LogP contribution in [0, 0.1) is 11.8 Å². The fourth-order valence-corrected chi connectivity index (χ4v) is 5.03. The molecule has 7 heteroatoms. The van der Waals surface area contributed by atoms with Gasteiger partial charge in [0, 0.05) is 36.4 Å². The Hall–Kier alpha value is -3.16. The van der Waals surface area contributed by atoms with Gasteiger partial charge in [0.05, 0.1) is 13.7 Å². The lowest BCUT2D eigenvalue weighted by Crippen LogP contribution is -2.24. The van der Waals surface area contributed by atoms with Crippen molar-refractivity contribution in [2.24, 2.45) is 11.8 Å². The molecule has 0 amide bonds. The number of aliphatic hydroxyl groups is 1. The molecule has 0 atom stereocenters. The molecule has 3 aromatic rings. The van der Waals surface area contributed by atoms with Crippen LogP contribution in [-0.4, -0.2) is 52.9 Å². The highest BCUT2D eigenvalue weighted by atomic mass is 16.5. The van der Waals surface area contributed by atoms with Crippen molar-refractivity contribution in [2.75, 3.05) is 26.9 Å². The van der Waals surface area contributed by atoms with Crippen LogP contribution in [0.1, 0.15) is 31.4 Å². The van der Waals surface area contributed by atoms with Crippen molar-refractivity contribution < 1.29 is 24.5 Å². The number of carboxylic acid groups (broad SMARTS) is 1. The third-order valence-corrected chi connectivity index (χ3v) is 6.79. The van der Waals surface area contributed by atoms with E-state index in [4.69, 9.17) is 19.7 Å². The van der Waals surface area contributed by atoms with Gasteiger partial charge in [-0.2, -0.15) is 5.10 Å². The molecule has 1 aliphatic carbocycles. The van der Waals surface area contributed by atoms with Gasteiger partial charge in [-0.3, -0.25) is 4.68 Å². The number of aliphatic carboxylic acids is 1. The predicted molar refractivity (Wildman–Crippen MR) is 134 cm³/mol. The van der Waals surface area contributed by atoms with Crippen LogP contribution in [0.15, 0.2) is 54.6 Å².